The third-order valence-electron chi connectivity index (χ3n) is 3.86. The molecule has 1 N–H and O–H groups in total. The summed E-state index contributed by atoms with van der Waals surface area (Å²) in [5.41, 5.74) is 4.67. The highest BCUT2D eigenvalue weighted by Crippen LogP contribution is 2.35. The lowest BCUT2D eigenvalue weighted by atomic mass is 9.74. The molecule has 1 aliphatic heterocycles. The molecule has 94 valence electrons. The standard InChI is InChI=1S/C14H15ClN2O/c15-10-5-3-4-9(8-10)13-11-6-1-2-7-12(11)14(18)17-16-13/h3-5,8,11-12H,1-2,6-7H2,(H,17,18). The lowest BCUT2D eigenvalue weighted by molar-refractivity contribution is -0.127. The highest BCUT2D eigenvalue weighted by Gasteiger charge is 2.37. The summed E-state index contributed by atoms with van der Waals surface area (Å²) in [7, 11) is 0. The number of carbonyl (C=O) groups is 1. The number of benzene rings is 1. The number of hydrazone groups is 1. The first-order chi connectivity index (χ1) is 8.75. The van der Waals surface area contributed by atoms with Crippen LogP contribution in [0.15, 0.2) is 29.4 Å². The largest absolute Gasteiger partial charge is 0.273 e. The maximum atomic E-state index is 11.8. The normalized spacial score (nSPS) is 27.2. The molecule has 2 atom stereocenters. The monoisotopic (exact) mass is 262 g/mol. The van der Waals surface area contributed by atoms with Crippen molar-refractivity contribution in [1.82, 2.24) is 5.43 Å². The first-order valence-electron chi connectivity index (χ1n) is 6.39. The van der Waals surface area contributed by atoms with Crippen molar-refractivity contribution in [3.8, 4) is 0 Å². The van der Waals surface area contributed by atoms with E-state index >= 15 is 0 Å². The van der Waals surface area contributed by atoms with Gasteiger partial charge in [-0.2, -0.15) is 5.10 Å². The Morgan fingerprint density at radius 2 is 2.00 bits per heavy atom. The zero-order valence-electron chi connectivity index (χ0n) is 10.0. The van der Waals surface area contributed by atoms with Gasteiger partial charge in [0.05, 0.1) is 5.71 Å². The molecule has 4 heteroatoms. The molecule has 1 saturated carbocycles. The summed E-state index contributed by atoms with van der Waals surface area (Å²) >= 11 is 6.03. The molecule has 1 heterocycles. The fraction of sp³-hybridized carbons (Fsp3) is 0.429. The summed E-state index contributed by atoms with van der Waals surface area (Å²) in [6.45, 7) is 0. The number of fused-ring (bicyclic) bond motifs is 1. The topological polar surface area (TPSA) is 41.5 Å². The van der Waals surface area contributed by atoms with Crippen molar-refractivity contribution < 1.29 is 4.79 Å². The molecule has 1 aliphatic carbocycles. The predicted octanol–water partition coefficient (Wildman–Crippen LogP) is 2.98. The predicted molar refractivity (Wildman–Crippen MR) is 71.6 cm³/mol. The summed E-state index contributed by atoms with van der Waals surface area (Å²) < 4.78 is 0. The van der Waals surface area contributed by atoms with Crippen molar-refractivity contribution in [2.24, 2.45) is 16.9 Å². The van der Waals surface area contributed by atoms with E-state index in [0.29, 0.717) is 5.02 Å². The molecule has 3 rings (SSSR count). The average Bonchev–Trinajstić information content (AvgIpc) is 2.39. The summed E-state index contributed by atoms with van der Waals surface area (Å²) in [6.07, 6.45) is 4.32. The van der Waals surface area contributed by atoms with Crippen molar-refractivity contribution in [3.63, 3.8) is 0 Å². The summed E-state index contributed by atoms with van der Waals surface area (Å²) in [6, 6.07) is 7.71. The Kier molecular flexibility index (Phi) is 3.08. The second-order valence-electron chi connectivity index (χ2n) is 4.98. The third kappa shape index (κ3) is 2.03. The Balaban J connectivity index is 1.98. The van der Waals surface area contributed by atoms with Gasteiger partial charge in [0.1, 0.15) is 0 Å². The molecule has 0 saturated heterocycles. The van der Waals surface area contributed by atoms with E-state index in [0.717, 1.165) is 30.5 Å². The number of amides is 1. The summed E-state index contributed by atoms with van der Waals surface area (Å²) in [4.78, 5) is 11.8. The number of halogens is 1. The van der Waals surface area contributed by atoms with Gasteiger partial charge in [0.2, 0.25) is 5.91 Å². The van der Waals surface area contributed by atoms with Gasteiger partial charge in [0.25, 0.3) is 0 Å². The molecular formula is C14H15ClN2O. The fourth-order valence-electron chi connectivity index (χ4n) is 2.98. The molecule has 0 radical (unpaired) electrons. The molecule has 1 aromatic rings. The van der Waals surface area contributed by atoms with Crippen LogP contribution in [0.2, 0.25) is 5.02 Å². The molecule has 0 aromatic heterocycles. The Labute approximate surface area is 111 Å². The van der Waals surface area contributed by atoms with Crippen molar-refractivity contribution in [2.45, 2.75) is 25.7 Å². The highest BCUT2D eigenvalue weighted by atomic mass is 35.5. The van der Waals surface area contributed by atoms with E-state index in [2.05, 4.69) is 10.5 Å². The van der Waals surface area contributed by atoms with Gasteiger partial charge in [-0.3, -0.25) is 4.79 Å². The Morgan fingerprint density at radius 3 is 2.78 bits per heavy atom. The molecule has 3 nitrogen and oxygen atoms in total. The van der Waals surface area contributed by atoms with Crippen molar-refractivity contribution in [1.29, 1.82) is 0 Å². The van der Waals surface area contributed by atoms with Gasteiger partial charge in [0, 0.05) is 16.9 Å². The van der Waals surface area contributed by atoms with Crippen molar-refractivity contribution in [3.05, 3.63) is 34.9 Å². The summed E-state index contributed by atoms with van der Waals surface area (Å²) in [5.74, 6) is 0.418. The van der Waals surface area contributed by atoms with Crippen molar-refractivity contribution >= 4 is 23.2 Å². The van der Waals surface area contributed by atoms with E-state index in [4.69, 9.17) is 11.6 Å². The number of rotatable bonds is 1. The third-order valence-corrected chi connectivity index (χ3v) is 4.10. The molecule has 18 heavy (non-hydrogen) atoms. The van der Waals surface area contributed by atoms with Crippen LogP contribution in [0.5, 0.6) is 0 Å². The average molecular weight is 263 g/mol. The molecule has 1 amide bonds. The van der Waals surface area contributed by atoms with Crippen LogP contribution >= 0.6 is 11.6 Å². The second-order valence-corrected chi connectivity index (χ2v) is 5.42. The molecule has 0 spiro atoms. The van der Waals surface area contributed by atoms with Crippen LogP contribution in [0.4, 0.5) is 0 Å². The second kappa shape index (κ2) is 4.73. The molecule has 1 aromatic carbocycles. The van der Waals surface area contributed by atoms with Crippen LogP contribution in [-0.4, -0.2) is 11.6 Å². The van der Waals surface area contributed by atoms with E-state index in [-0.39, 0.29) is 17.7 Å². The van der Waals surface area contributed by atoms with Gasteiger partial charge in [-0.25, -0.2) is 5.43 Å². The minimum Gasteiger partial charge on any atom is -0.273 e. The zero-order valence-corrected chi connectivity index (χ0v) is 10.8. The smallest absolute Gasteiger partial charge is 0.243 e. The maximum Gasteiger partial charge on any atom is 0.243 e. The molecule has 2 unspecified atom stereocenters. The maximum absolute atomic E-state index is 11.8. The number of hydrogen-bond donors (Lipinski definition) is 1. The van der Waals surface area contributed by atoms with Gasteiger partial charge in [-0.05, 0) is 30.5 Å². The van der Waals surface area contributed by atoms with Crippen LogP contribution in [0, 0.1) is 11.8 Å². The molecule has 1 fully saturated rings. The van der Waals surface area contributed by atoms with Gasteiger partial charge in [-0.1, -0.05) is 36.6 Å². The minimum absolute atomic E-state index is 0.0745. The van der Waals surface area contributed by atoms with Crippen molar-refractivity contribution in [2.75, 3.05) is 0 Å². The Hall–Kier alpha value is -1.35. The first-order valence-corrected chi connectivity index (χ1v) is 6.77. The van der Waals surface area contributed by atoms with Gasteiger partial charge in [-0.15, -0.1) is 0 Å². The Morgan fingerprint density at radius 1 is 1.22 bits per heavy atom. The lowest BCUT2D eigenvalue weighted by Crippen LogP contribution is -2.43. The molecular weight excluding hydrogens is 248 g/mol. The molecule has 0 bridgehead atoms. The van der Waals surface area contributed by atoms with Gasteiger partial charge < -0.3 is 0 Å². The van der Waals surface area contributed by atoms with Gasteiger partial charge in [0.15, 0.2) is 0 Å². The van der Waals surface area contributed by atoms with Crippen LogP contribution in [-0.2, 0) is 4.79 Å². The lowest BCUT2D eigenvalue weighted by Gasteiger charge is -2.34. The Bertz CT molecular complexity index is 512. The first kappa shape index (κ1) is 11.7. The number of hydrogen-bond acceptors (Lipinski definition) is 2. The van der Waals surface area contributed by atoms with Crippen LogP contribution in [0.25, 0.3) is 0 Å². The van der Waals surface area contributed by atoms with E-state index in [1.54, 1.807) is 0 Å². The highest BCUT2D eigenvalue weighted by molar-refractivity contribution is 6.31. The zero-order chi connectivity index (χ0) is 12.5. The number of nitrogens with one attached hydrogen (secondary N) is 1. The molecule has 2 aliphatic rings. The van der Waals surface area contributed by atoms with Crippen LogP contribution in [0.3, 0.4) is 0 Å². The SMILES string of the molecule is O=C1NN=C(c2cccc(Cl)c2)C2CCCCC12. The van der Waals surface area contributed by atoms with Gasteiger partial charge >= 0.3 is 0 Å². The summed E-state index contributed by atoms with van der Waals surface area (Å²) in [5, 5.41) is 4.97. The number of carbonyl (C=O) groups excluding carboxylic acids is 1. The van der Waals surface area contributed by atoms with Crippen LogP contribution in [0.1, 0.15) is 31.2 Å². The van der Waals surface area contributed by atoms with E-state index < -0.39 is 0 Å². The van der Waals surface area contributed by atoms with Crippen LogP contribution < -0.4 is 5.43 Å². The number of nitrogens with zero attached hydrogens (tertiary/aromatic N) is 1. The van der Waals surface area contributed by atoms with E-state index in [9.17, 15) is 4.79 Å². The minimum atomic E-state index is 0.0745. The van der Waals surface area contributed by atoms with E-state index in [1.165, 1.54) is 6.42 Å². The fourth-order valence-corrected chi connectivity index (χ4v) is 3.17. The van der Waals surface area contributed by atoms with E-state index in [1.807, 2.05) is 24.3 Å². The quantitative estimate of drug-likeness (QED) is 0.831.